The molecule has 0 bridgehead atoms. The van der Waals surface area contributed by atoms with Crippen molar-refractivity contribution in [1.82, 2.24) is 4.98 Å². The van der Waals surface area contributed by atoms with E-state index in [9.17, 15) is 0 Å². The lowest BCUT2D eigenvalue weighted by atomic mass is 10.7. The Labute approximate surface area is 41.6 Å². The highest BCUT2D eigenvalue weighted by molar-refractivity contribution is 4.84. The standard InChI is InChI=1S/C4H5N.2O/c1-2-4-5-3-1;;/h1-5H;;. The van der Waals surface area contributed by atoms with E-state index in [1.165, 1.54) is 0 Å². The predicted octanol–water partition coefficient (Wildman–Crippen LogP) is 0.777. The summed E-state index contributed by atoms with van der Waals surface area (Å²) >= 11 is 0. The van der Waals surface area contributed by atoms with Crippen molar-refractivity contribution in [3.63, 3.8) is 0 Å². The van der Waals surface area contributed by atoms with E-state index in [0.717, 1.165) is 0 Å². The molecule has 0 fully saturated rings. The number of aromatic nitrogens is 1. The van der Waals surface area contributed by atoms with Crippen LogP contribution in [0, 0.1) is 0 Å². The number of H-pyrrole nitrogens is 1. The van der Waals surface area contributed by atoms with Gasteiger partial charge in [-0.05, 0) is 12.1 Å². The molecule has 38 valence electrons. The minimum Gasteiger partial charge on any atom is -0.368 e. The average Bonchev–Trinajstić information content (AvgIpc) is 1.76. The highest BCUT2D eigenvalue weighted by atomic mass is 16.0. The van der Waals surface area contributed by atoms with Gasteiger partial charge in [0, 0.05) is 23.3 Å². The van der Waals surface area contributed by atoms with E-state index in [2.05, 4.69) is 4.98 Å². The lowest BCUT2D eigenvalue weighted by Gasteiger charge is -1.49. The zero-order valence-electron chi connectivity index (χ0n) is 3.63. The molecular weight excluding hydrogens is 94.0 g/mol. The summed E-state index contributed by atoms with van der Waals surface area (Å²) < 4.78 is 0. The number of hydrogen-bond acceptors (Lipinski definition) is 0. The first-order chi connectivity index (χ1) is 2.50. The van der Waals surface area contributed by atoms with Crippen LogP contribution in [0.25, 0.3) is 0 Å². The molecule has 1 N–H and O–H groups in total. The second kappa shape index (κ2) is 5.20. The van der Waals surface area contributed by atoms with Crippen molar-refractivity contribution >= 4 is 0 Å². The number of aromatic amines is 1. The van der Waals surface area contributed by atoms with Crippen molar-refractivity contribution in [1.29, 1.82) is 0 Å². The quantitative estimate of drug-likeness (QED) is 0.499. The fraction of sp³-hybridized carbons (Fsp3) is 0. The summed E-state index contributed by atoms with van der Waals surface area (Å²) in [7, 11) is 0. The molecule has 0 amide bonds. The maximum Gasteiger partial charge on any atom is 0.000496 e. The summed E-state index contributed by atoms with van der Waals surface area (Å²) in [6, 6.07) is 3.89. The Morgan fingerprint density at radius 3 is 1.43 bits per heavy atom. The average molecular weight is 99.1 g/mol. The largest absolute Gasteiger partial charge is 0.368 e. The van der Waals surface area contributed by atoms with Gasteiger partial charge in [0.15, 0.2) is 0 Å². The highest BCUT2D eigenvalue weighted by Crippen LogP contribution is 1.72. The van der Waals surface area contributed by atoms with Crippen LogP contribution in [0.2, 0.25) is 0 Å². The second-order valence-electron chi connectivity index (χ2n) is 0.885. The van der Waals surface area contributed by atoms with Crippen molar-refractivity contribution in [3.05, 3.63) is 24.5 Å². The third kappa shape index (κ3) is 3.02. The minimum absolute atomic E-state index is 0. The molecule has 0 aliphatic rings. The lowest BCUT2D eigenvalue weighted by molar-refractivity contribution is 0.686. The van der Waals surface area contributed by atoms with E-state index >= 15 is 0 Å². The van der Waals surface area contributed by atoms with Crippen molar-refractivity contribution in [3.8, 4) is 0 Å². The van der Waals surface area contributed by atoms with Gasteiger partial charge in [0.25, 0.3) is 0 Å². The van der Waals surface area contributed by atoms with Crippen molar-refractivity contribution in [2.75, 3.05) is 0 Å². The summed E-state index contributed by atoms with van der Waals surface area (Å²) in [6.45, 7) is 0. The van der Waals surface area contributed by atoms with Crippen LogP contribution in [0.4, 0.5) is 0 Å². The molecule has 0 aliphatic carbocycles. The summed E-state index contributed by atoms with van der Waals surface area (Å²) in [4.78, 5) is 2.86. The topological polar surface area (TPSA) is 72.8 Å². The Morgan fingerprint density at radius 2 is 1.29 bits per heavy atom. The molecule has 7 heavy (non-hydrogen) atoms. The summed E-state index contributed by atoms with van der Waals surface area (Å²) in [5.41, 5.74) is 0. The first-order valence-corrected chi connectivity index (χ1v) is 1.58. The summed E-state index contributed by atoms with van der Waals surface area (Å²) in [5.74, 6) is 0. The highest BCUT2D eigenvalue weighted by Gasteiger charge is 1.55. The maximum absolute atomic E-state index is 2.86. The monoisotopic (exact) mass is 99.0 g/mol. The summed E-state index contributed by atoms with van der Waals surface area (Å²) in [5, 5.41) is 0. The molecule has 0 aliphatic heterocycles. The molecule has 4 radical (unpaired) electrons. The van der Waals surface area contributed by atoms with Gasteiger partial charge in [0.2, 0.25) is 0 Å². The SMILES string of the molecule is [O].[O].c1cc[nH]c1. The number of nitrogens with one attached hydrogen (secondary N) is 1. The van der Waals surface area contributed by atoms with Gasteiger partial charge < -0.3 is 4.98 Å². The Kier molecular flexibility index (Phi) is 7.06. The Balaban J connectivity index is 0. The van der Waals surface area contributed by atoms with E-state index in [0.29, 0.717) is 0 Å². The Hall–Kier alpha value is -0.800. The fourth-order valence-corrected chi connectivity index (χ4v) is 0.278. The molecule has 0 aromatic carbocycles. The Bertz CT molecular complexity index is 66.2. The van der Waals surface area contributed by atoms with Gasteiger partial charge in [0.05, 0.1) is 0 Å². The maximum atomic E-state index is 2.86. The van der Waals surface area contributed by atoms with Crippen LogP contribution in [0.1, 0.15) is 0 Å². The van der Waals surface area contributed by atoms with Gasteiger partial charge >= 0.3 is 0 Å². The molecule has 0 saturated carbocycles. The lowest BCUT2D eigenvalue weighted by Crippen LogP contribution is -1.38. The first kappa shape index (κ1) is 9.50. The van der Waals surface area contributed by atoms with E-state index in [4.69, 9.17) is 0 Å². The minimum atomic E-state index is 0. The fourth-order valence-electron chi connectivity index (χ4n) is 0.278. The zero-order chi connectivity index (χ0) is 3.54. The van der Waals surface area contributed by atoms with Crippen LogP contribution >= 0.6 is 0 Å². The first-order valence-electron chi connectivity index (χ1n) is 1.58. The van der Waals surface area contributed by atoms with Crippen molar-refractivity contribution in [2.45, 2.75) is 0 Å². The van der Waals surface area contributed by atoms with Crippen LogP contribution in [0.5, 0.6) is 0 Å². The van der Waals surface area contributed by atoms with E-state index < -0.39 is 0 Å². The van der Waals surface area contributed by atoms with Gasteiger partial charge in [-0.2, -0.15) is 0 Å². The normalized spacial score (nSPS) is 5.71. The van der Waals surface area contributed by atoms with Crippen molar-refractivity contribution < 1.29 is 11.0 Å². The third-order valence-corrected chi connectivity index (χ3v) is 0.496. The molecule has 0 unspecified atom stereocenters. The van der Waals surface area contributed by atoms with Crippen LogP contribution < -0.4 is 0 Å². The molecular formula is C4H5NO2. The molecule has 1 aromatic rings. The number of hydrogen-bond donors (Lipinski definition) is 1. The van der Waals surface area contributed by atoms with Gasteiger partial charge in [-0.15, -0.1) is 0 Å². The Morgan fingerprint density at radius 1 is 0.857 bits per heavy atom. The van der Waals surface area contributed by atoms with Crippen LogP contribution in [-0.4, -0.2) is 4.98 Å². The molecule has 1 heterocycles. The van der Waals surface area contributed by atoms with E-state index in [1.54, 1.807) is 0 Å². The van der Waals surface area contributed by atoms with Gasteiger partial charge in [0.1, 0.15) is 0 Å². The smallest absolute Gasteiger partial charge is 0.000496 e. The predicted molar refractivity (Wildman–Crippen MR) is 22.2 cm³/mol. The van der Waals surface area contributed by atoms with Crippen LogP contribution in [-0.2, 0) is 11.0 Å². The second-order valence-corrected chi connectivity index (χ2v) is 0.885. The van der Waals surface area contributed by atoms with Gasteiger partial charge in [-0.3, -0.25) is 0 Å². The van der Waals surface area contributed by atoms with Crippen LogP contribution in [0.3, 0.4) is 0 Å². The zero-order valence-corrected chi connectivity index (χ0v) is 3.63. The van der Waals surface area contributed by atoms with Crippen molar-refractivity contribution in [2.24, 2.45) is 0 Å². The van der Waals surface area contributed by atoms with E-state index in [1.807, 2.05) is 24.5 Å². The molecule has 0 spiro atoms. The van der Waals surface area contributed by atoms with Crippen LogP contribution in [0.15, 0.2) is 24.5 Å². The number of rotatable bonds is 0. The molecule has 0 atom stereocenters. The molecule has 3 nitrogen and oxygen atoms in total. The third-order valence-electron chi connectivity index (χ3n) is 0.496. The van der Waals surface area contributed by atoms with Gasteiger partial charge in [-0.1, -0.05) is 0 Å². The van der Waals surface area contributed by atoms with E-state index in [-0.39, 0.29) is 11.0 Å². The molecule has 1 rings (SSSR count). The molecule has 1 aromatic heterocycles. The summed E-state index contributed by atoms with van der Waals surface area (Å²) in [6.07, 6.45) is 3.75. The van der Waals surface area contributed by atoms with Gasteiger partial charge in [-0.25, -0.2) is 0 Å². The molecule has 0 saturated heterocycles. The molecule has 3 heteroatoms.